The van der Waals surface area contributed by atoms with E-state index in [1.54, 1.807) is 32.9 Å². The molecule has 2 rings (SSSR count). The number of pyridine rings is 1. The summed E-state index contributed by atoms with van der Waals surface area (Å²) in [5.41, 5.74) is 1.91. The number of nitrogens with one attached hydrogen (secondary N) is 1. The van der Waals surface area contributed by atoms with E-state index < -0.39 is 29.5 Å². The molecule has 9 heteroatoms. The fourth-order valence-corrected chi connectivity index (χ4v) is 2.10. The molecular weight excluding hydrogens is 363 g/mol. The molecule has 1 N–H and O–H groups in total. The van der Waals surface area contributed by atoms with Crippen molar-refractivity contribution in [1.82, 2.24) is 15.4 Å². The van der Waals surface area contributed by atoms with Gasteiger partial charge in [0, 0.05) is 11.8 Å². The molecule has 2 aromatic rings. The molecule has 0 aliphatic carbocycles. The number of hydrogen-bond acceptors (Lipinski definition) is 4. The summed E-state index contributed by atoms with van der Waals surface area (Å²) in [7, 11) is 0. The van der Waals surface area contributed by atoms with Gasteiger partial charge in [0.25, 0.3) is 11.8 Å². The fraction of sp³-hybridized carbons (Fsp3) is 0.278. The number of nitrogens with zero attached hydrogens (tertiary/aromatic N) is 2. The Bertz CT molecular complexity index is 801. The highest BCUT2D eigenvalue weighted by Crippen LogP contribution is 2.23. The van der Waals surface area contributed by atoms with Gasteiger partial charge in [-0.15, -0.1) is 13.2 Å². The van der Waals surface area contributed by atoms with Crippen molar-refractivity contribution in [3.8, 4) is 5.75 Å². The molecule has 1 aromatic heterocycles. The molecule has 144 valence electrons. The van der Waals surface area contributed by atoms with Crippen LogP contribution >= 0.6 is 0 Å². The van der Waals surface area contributed by atoms with E-state index >= 15 is 0 Å². The Morgan fingerprint density at radius 1 is 1.04 bits per heavy atom. The third-order valence-electron chi connectivity index (χ3n) is 3.32. The summed E-state index contributed by atoms with van der Waals surface area (Å²) < 4.78 is 40.4. The molecule has 0 saturated carbocycles. The van der Waals surface area contributed by atoms with Gasteiger partial charge in [0.2, 0.25) is 0 Å². The average Bonchev–Trinajstić information content (AvgIpc) is 2.58. The summed E-state index contributed by atoms with van der Waals surface area (Å²) in [6.07, 6.45) is -3.36. The molecule has 0 unspecified atom stereocenters. The summed E-state index contributed by atoms with van der Waals surface area (Å²) in [4.78, 5) is 29.1. The number of hydrazine groups is 1. The van der Waals surface area contributed by atoms with Crippen LogP contribution in [0.4, 0.5) is 13.2 Å². The van der Waals surface area contributed by atoms with Crippen LogP contribution in [0.1, 0.15) is 41.6 Å². The molecule has 0 bridgehead atoms. The fourth-order valence-electron chi connectivity index (χ4n) is 2.10. The zero-order chi connectivity index (χ0) is 20.2. The van der Waals surface area contributed by atoms with Crippen molar-refractivity contribution < 1.29 is 27.5 Å². The topological polar surface area (TPSA) is 71.5 Å². The highest BCUT2D eigenvalue weighted by Gasteiger charge is 2.32. The first kappa shape index (κ1) is 20.2. The lowest BCUT2D eigenvalue weighted by molar-refractivity contribution is -0.274. The van der Waals surface area contributed by atoms with Crippen LogP contribution in [0.3, 0.4) is 0 Å². The molecule has 0 atom stereocenters. The van der Waals surface area contributed by atoms with Crippen molar-refractivity contribution in [3.63, 3.8) is 0 Å². The van der Waals surface area contributed by atoms with Crippen LogP contribution in [0.5, 0.6) is 5.75 Å². The molecule has 0 aliphatic heterocycles. The van der Waals surface area contributed by atoms with Crippen molar-refractivity contribution in [1.29, 1.82) is 0 Å². The number of amides is 2. The third-order valence-corrected chi connectivity index (χ3v) is 3.32. The quantitative estimate of drug-likeness (QED) is 0.826. The third kappa shape index (κ3) is 5.70. The largest absolute Gasteiger partial charge is 0.573 e. The second kappa shape index (κ2) is 7.65. The predicted octanol–water partition coefficient (Wildman–Crippen LogP) is 3.57. The van der Waals surface area contributed by atoms with E-state index in [9.17, 15) is 22.8 Å². The van der Waals surface area contributed by atoms with E-state index in [-0.39, 0.29) is 11.3 Å². The Morgan fingerprint density at radius 2 is 1.67 bits per heavy atom. The van der Waals surface area contributed by atoms with Gasteiger partial charge in [-0.25, -0.2) is 5.01 Å². The van der Waals surface area contributed by atoms with Crippen LogP contribution in [0, 0.1) is 0 Å². The zero-order valence-electron chi connectivity index (χ0n) is 14.9. The molecule has 1 aromatic carbocycles. The van der Waals surface area contributed by atoms with Crippen molar-refractivity contribution in [2.75, 3.05) is 0 Å². The van der Waals surface area contributed by atoms with Crippen LogP contribution in [0.15, 0.2) is 48.7 Å². The minimum atomic E-state index is -4.82. The van der Waals surface area contributed by atoms with Gasteiger partial charge in [-0.2, -0.15) is 0 Å². The maximum Gasteiger partial charge on any atom is 0.573 e. The van der Waals surface area contributed by atoms with Gasteiger partial charge < -0.3 is 4.74 Å². The summed E-state index contributed by atoms with van der Waals surface area (Å²) in [5, 5.41) is 1.12. The first-order valence-corrected chi connectivity index (χ1v) is 7.90. The van der Waals surface area contributed by atoms with Gasteiger partial charge in [0.1, 0.15) is 11.4 Å². The molecule has 0 radical (unpaired) electrons. The monoisotopic (exact) mass is 381 g/mol. The highest BCUT2D eigenvalue weighted by atomic mass is 19.4. The molecule has 6 nitrogen and oxygen atoms in total. The molecule has 0 saturated heterocycles. The second-order valence-corrected chi connectivity index (χ2v) is 6.54. The van der Waals surface area contributed by atoms with Crippen LogP contribution in [-0.2, 0) is 0 Å². The molecule has 1 heterocycles. The normalized spacial score (nSPS) is 11.6. The van der Waals surface area contributed by atoms with Crippen molar-refractivity contribution in [3.05, 3.63) is 59.9 Å². The smallest absolute Gasteiger partial charge is 0.406 e. The predicted molar refractivity (Wildman–Crippen MR) is 90.8 cm³/mol. The lowest BCUT2D eigenvalue weighted by Crippen LogP contribution is -2.56. The summed E-state index contributed by atoms with van der Waals surface area (Å²) in [5.74, 6) is -1.63. The Balaban J connectivity index is 2.18. The van der Waals surface area contributed by atoms with Crippen LogP contribution in [0.2, 0.25) is 0 Å². The van der Waals surface area contributed by atoms with Crippen LogP contribution in [0.25, 0.3) is 0 Å². The van der Waals surface area contributed by atoms with E-state index in [2.05, 4.69) is 15.1 Å². The average molecular weight is 381 g/mol. The second-order valence-electron chi connectivity index (χ2n) is 6.54. The van der Waals surface area contributed by atoms with E-state index in [4.69, 9.17) is 0 Å². The standard InChI is InChI=1S/C18H18F3N3O3/c1-17(2,3)24(16(26)14-6-4-5-11-22-14)23-15(25)12-7-9-13(10-8-12)27-18(19,20)21/h4-11H,1-3H3,(H,23,25). The van der Waals surface area contributed by atoms with Crippen LogP contribution < -0.4 is 10.2 Å². The maximum atomic E-state index is 12.7. The van der Waals surface area contributed by atoms with Gasteiger partial charge in [-0.3, -0.25) is 20.0 Å². The molecule has 0 spiro atoms. The van der Waals surface area contributed by atoms with Gasteiger partial charge in [0.05, 0.1) is 5.54 Å². The number of benzene rings is 1. The van der Waals surface area contributed by atoms with Crippen molar-refractivity contribution in [2.24, 2.45) is 0 Å². The van der Waals surface area contributed by atoms with Gasteiger partial charge in [-0.1, -0.05) is 6.07 Å². The van der Waals surface area contributed by atoms with Gasteiger partial charge in [-0.05, 0) is 57.2 Å². The van der Waals surface area contributed by atoms with E-state index in [0.717, 1.165) is 17.1 Å². The Morgan fingerprint density at radius 3 is 2.15 bits per heavy atom. The lowest BCUT2D eigenvalue weighted by Gasteiger charge is -2.35. The molecule has 0 fully saturated rings. The van der Waals surface area contributed by atoms with E-state index in [0.29, 0.717) is 0 Å². The van der Waals surface area contributed by atoms with Crippen molar-refractivity contribution in [2.45, 2.75) is 32.7 Å². The van der Waals surface area contributed by atoms with Gasteiger partial charge >= 0.3 is 6.36 Å². The number of rotatable bonds is 3. The number of aromatic nitrogens is 1. The van der Waals surface area contributed by atoms with E-state index in [1.807, 2.05) is 0 Å². The molecular formula is C18H18F3N3O3. The Kier molecular flexibility index (Phi) is 5.72. The number of alkyl halides is 3. The minimum absolute atomic E-state index is 0.0626. The summed E-state index contributed by atoms with van der Waals surface area (Å²) >= 11 is 0. The van der Waals surface area contributed by atoms with Crippen LogP contribution in [-0.4, -0.2) is 33.7 Å². The SMILES string of the molecule is CC(C)(C)N(NC(=O)c1ccc(OC(F)(F)F)cc1)C(=O)c1ccccn1. The molecule has 0 aliphatic rings. The van der Waals surface area contributed by atoms with E-state index in [1.165, 1.54) is 24.4 Å². The molecule has 27 heavy (non-hydrogen) atoms. The Hall–Kier alpha value is -3.10. The number of carbonyl (C=O) groups excluding carboxylic acids is 2. The molecule has 2 amide bonds. The highest BCUT2D eigenvalue weighted by molar-refractivity contribution is 5.98. The van der Waals surface area contributed by atoms with Crippen molar-refractivity contribution >= 4 is 11.8 Å². The Labute approximate surface area is 153 Å². The number of halogens is 3. The number of carbonyl (C=O) groups is 2. The van der Waals surface area contributed by atoms with Gasteiger partial charge in [0.15, 0.2) is 0 Å². The summed E-state index contributed by atoms with van der Waals surface area (Å²) in [6, 6.07) is 9.18. The first-order valence-electron chi connectivity index (χ1n) is 7.90. The zero-order valence-corrected chi connectivity index (χ0v) is 14.9. The number of ether oxygens (including phenoxy) is 1. The summed E-state index contributed by atoms with van der Waals surface area (Å²) in [6.45, 7) is 5.15. The number of hydrogen-bond donors (Lipinski definition) is 1. The maximum absolute atomic E-state index is 12.7. The lowest BCUT2D eigenvalue weighted by atomic mass is 10.1. The first-order chi connectivity index (χ1) is 12.5. The minimum Gasteiger partial charge on any atom is -0.406 e.